The molecule has 1 unspecified atom stereocenters. The molecular formula is C24H30NNaO4S. The Morgan fingerprint density at radius 3 is 2.58 bits per heavy atom. The number of nitrogens with zero attached hydrogens (tertiary/aromatic N) is 1. The fourth-order valence-corrected chi connectivity index (χ4v) is 7.91. The van der Waals surface area contributed by atoms with Gasteiger partial charge in [-0.25, -0.2) is 8.42 Å². The molecule has 1 aromatic heterocycles. The summed E-state index contributed by atoms with van der Waals surface area (Å²) in [7, 11) is -4.65. The average molecular weight is 452 g/mol. The second-order valence-electron chi connectivity index (χ2n) is 10.2. The normalized spacial score (nSPS) is 39.3. The Morgan fingerprint density at radius 1 is 1.10 bits per heavy atom. The Bertz CT molecular complexity index is 1010. The number of hydrogen-bond donors (Lipinski definition) is 0. The van der Waals surface area contributed by atoms with Gasteiger partial charge in [-0.1, -0.05) is 37.6 Å². The van der Waals surface area contributed by atoms with E-state index in [1.54, 1.807) is 0 Å². The van der Waals surface area contributed by atoms with Crippen LogP contribution in [0.3, 0.4) is 0 Å². The molecule has 0 bridgehead atoms. The van der Waals surface area contributed by atoms with Gasteiger partial charge in [-0.3, -0.25) is 9.17 Å². The molecule has 0 saturated heterocycles. The van der Waals surface area contributed by atoms with Crippen molar-refractivity contribution in [2.45, 2.75) is 64.9 Å². The van der Waals surface area contributed by atoms with E-state index in [0.29, 0.717) is 30.6 Å². The minimum atomic E-state index is -4.65. The van der Waals surface area contributed by atoms with Gasteiger partial charge in [0.1, 0.15) is 0 Å². The Morgan fingerprint density at radius 2 is 1.87 bits per heavy atom. The van der Waals surface area contributed by atoms with Gasteiger partial charge in [0, 0.05) is 12.4 Å². The summed E-state index contributed by atoms with van der Waals surface area (Å²) >= 11 is 0. The van der Waals surface area contributed by atoms with Crippen molar-refractivity contribution in [3.05, 3.63) is 47.8 Å². The molecule has 0 aromatic carbocycles. The van der Waals surface area contributed by atoms with E-state index in [1.807, 2.05) is 18.5 Å². The second kappa shape index (κ2) is 8.37. The molecule has 0 aliphatic heterocycles. The number of aromatic nitrogens is 1. The Balaban J connectivity index is 0.00000231. The first-order chi connectivity index (χ1) is 14.2. The fourth-order valence-electron chi connectivity index (χ4n) is 7.41. The molecule has 6 atom stereocenters. The van der Waals surface area contributed by atoms with Gasteiger partial charge in [-0.15, -0.1) is 0 Å². The molecule has 2 saturated carbocycles. The summed E-state index contributed by atoms with van der Waals surface area (Å²) in [6.07, 6.45) is 14.8. The zero-order valence-corrected chi connectivity index (χ0v) is 21.5. The molecule has 0 spiro atoms. The third-order valence-electron chi connectivity index (χ3n) is 8.87. The van der Waals surface area contributed by atoms with Crippen molar-refractivity contribution in [1.82, 2.24) is 4.98 Å². The maximum absolute atomic E-state index is 11.1. The molecule has 5 nitrogen and oxygen atoms in total. The molecule has 162 valence electrons. The quantitative estimate of drug-likeness (QED) is 0.304. The summed E-state index contributed by atoms with van der Waals surface area (Å²) in [5.41, 5.74) is 4.33. The zero-order valence-electron chi connectivity index (χ0n) is 18.7. The Labute approximate surface area is 208 Å². The minimum Gasteiger partial charge on any atom is -0.726 e. The monoisotopic (exact) mass is 451 g/mol. The molecule has 1 heterocycles. The topological polar surface area (TPSA) is 79.3 Å². The van der Waals surface area contributed by atoms with Gasteiger partial charge in [0.15, 0.2) is 0 Å². The van der Waals surface area contributed by atoms with E-state index in [-0.39, 0.29) is 40.4 Å². The first-order valence-electron chi connectivity index (χ1n) is 11.2. The maximum Gasteiger partial charge on any atom is 1.00 e. The van der Waals surface area contributed by atoms with E-state index in [1.165, 1.54) is 29.6 Å². The van der Waals surface area contributed by atoms with Crippen molar-refractivity contribution in [1.29, 1.82) is 0 Å². The van der Waals surface area contributed by atoms with Crippen molar-refractivity contribution in [2.75, 3.05) is 0 Å². The van der Waals surface area contributed by atoms with Crippen LogP contribution in [0.1, 0.15) is 64.4 Å². The van der Waals surface area contributed by atoms with Crippen LogP contribution >= 0.6 is 0 Å². The SMILES string of the molecule is C[C@]12CCC(OS(=O)(=O)[O-])CC1=CC[C@@H]1[C@@H]2CC[C@]2(C)C(c3cccnc3)=CC[C@@H]12.[Na+]. The van der Waals surface area contributed by atoms with Gasteiger partial charge in [0.2, 0.25) is 10.4 Å². The van der Waals surface area contributed by atoms with Crippen molar-refractivity contribution in [3.8, 4) is 0 Å². The first kappa shape index (κ1) is 23.7. The molecular weight excluding hydrogens is 421 g/mol. The number of fused-ring (bicyclic) bond motifs is 5. The molecule has 5 rings (SSSR count). The van der Waals surface area contributed by atoms with Crippen LogP contribution in [-0.4, -0.2) is 24.1 Å². The third-order valence-corrected chi connectivity index (χ3v) is 9.37. The first-order valence-corrected chi connectivity index (χ1v) is 12.5. The number of allylic oxidation sites excluding steroid dienone is 3. The molecule has 0 amide bonds. The van der Waals surface area contributed by atoms with Crippen molar-refractivity contribution in [2.24, 2.45) is 28.6 Å². The van der Waals surface area contributed by atoms with Crippen LogP contribution in [0.5, 0.6) is 0 Å². The molecule has 0 radical (unpaired) electrons. The minimum absolute atomic E-state index is 0. The van der Waals surface area contributed by atoms with Crippen molar-refractivity contribution < 1.29 is 46.7 Å². The maximum atomic E-state index is 11.1. The van der Waals surface area contributed by atoms with Gasteiger partial charge in [0.05, 0.1) is 6.10 Å². The summed E-state index contributed by atoms with van der Waals surface area (Å²) < 4.78 is 38.0. The molecule has 2 fully saturated rings. The predicted molar refractivity (Wildman–Crippen MR) is 114 cm³/mol. The van der Waals surface area contributed by atoms with Crippen molar-refractivity contribution in [3.63, 3.8) is 0 Å². The van der Waals surface area contributed by atoms with E-state index in [0.717, 1.165) is 19.3 Å². The standard InChI is InChI=1S/C24H31NO4S.Na/c1-23-11-9-18(29-30(26,27)28)14-17(23)5-6-19-21-8-7-20(16-4-3-13-25-15-16)24(21,2)12-10-22(19)23;/h3-5,7,13,15,18-19,21-22H,6,8-12,14H2,1-2H3,(H,26,27,28);/q;+1/p-1/t18?,19-,21-,22-,23-,24+;/m0./s1. The van der Waals surface area contributed by atoms with Crippen LogP contribution in [0.25, 0.3) is 5.57 Å². The summed E-state index contributed by atoms with van der Waals surface area (Å²) in [4.78, 5) is 4.35. The van der Waals surface area contributed by atoms with Gasteiger partial charge in [-0.05, 0) is 90.7 Å². The van der Waals surface area contributed by atoms with E-state index in [2.05, 4.69) is 37.0 Å². The van der Waals surface area contributed by atoms with E-state index < -0.39 is 16.5 Å². The van der Waals surface area contributed by atoms with Crippen LogP contribution in [0.15, 0.2) is 42.3 Å². The predicted octanol–water partition coefficient (Wildman–Crippen LogP) is 1.89. The van der Waals surface area contributed by atoms with Gasteiger partial charge in [-0.2, -0.15) is 0 Å². The summed E-state index contributed by atoms with van der Waals surface area (Å²) in [5, 5.41) is 0. The van der Waals surface area contributed by atoms with Crippen molar-refractivity contribution >= 4 is 16.0 Å². The zero-order chi connectivity index (χ0) is 21.1. The van der Waals surface area contributed by atoms with E-state index >= 15 is 0 Å². The smallest absolute Gasteiger partial charge is 0.726 e. The van der Waals surface area contributed by atoms with Crippen LogP contribution in [0, 0.1) is 28.6 Å². The molecule has 1 aromatic rings. The van der Waals surface area contributed by atoms with Gasteiger partial charge >= 0.3 is 29.6 Å². The van der Waals surface area contributed by atoms with Crippen LogP contribution in [-0.2, 0) is 14.6 Å². The fraction of sp³-hybridized carbons (Fsp3) is 0.625. The largest absolute Gasteiger partial charge is 1.00 e. The Kier molecular flexibility index (Phi) is 6.39. The summed E-state index contributed by atoms with van der Waals surface area (Å²) in [6, 6.07) is 4.21. The number of pyridine rings is 1. The summed E-state index contributed by atoms with van der Waals surface area (Å²) in [5.74, 6) is 1.89. The number of rotatable bonds is 3. The molecule has 4 aliphatic carbocycles. The second-order valence-corrected chi connectivity index (χ2v) is 11.2. The molecule has 4 aliphatic rings. The van der Waals surface area contributed by atoms with Crippen LogP contribution in [0.4, 0.5) is 0 Å². The van der Waals surface area contributed by atoms with Crippen LogP contribution < -0.4 is 29.6 Å². The Hall–Kier alpha value is -0.500. The summed E-state index contributed by atoms with van der Waals surface area (Å²) in [6.45, 7) is 4.82. The van der Waals surface area contributed by atoms with Gasteiger partial charge < -0.3 is 4.55 Å². The molecule has 0 N–H and O–H groups in total. The molecule has 31 heavy (non-hydrogen) atoms. The molecule has 7 heteroatoms. The average Bonchev–Trinajstić information content (AvgIpc) is 3.05. The van der Waals surface area contributed by atoms with Gasteiger partial charge in [0.25, 0.3) is 0 Å². The van der Waals surface area contributed by atoms with Crippen LogP contribution in [0.2, 0.25) is 0 Å². The van der Waals surface area contributed by atoms with E-state index in [9.17, 15) is 13.0 Å². The number of hydrogen-bond acceptors (Lipinski definition) is 5. The van der Waals surface area contributed by atoms with E-state index in [4.69, 9.17) is 4.18 Å². The third kappa shape index (κ3) is 4.02.